The van der Waals surface area contributed by atoms with Crippen LogP contribution in [-0.2, 0) is 0 Å². The zero-order chi connectivity index (χ0) is 6.69. The van der Waals surface area contributed by atoms with Crippen LogP contribution in [-0.4, -0.2) is 28.2 Å². The maximum Gasteiger partial charge on any atom is 2.00 e. The van der Waals surface area contributed by atoms with Crippen molar-refractivity contribution < 1.29 is 5.11 Å². The zero-order valence-corrected chi connectivity index (χ0v) is 6.86. The van der Waals surface area contributed by atoms with Gasteiger partial charge in [-0.15, -0.1) is 0 Å². The molecule has 1 aromatic rings. The summed E-state index contributed by atoms with van der Waals surface area (Å²) in [4.78, 5) is 10.6. The summed E-state index contributed by atoms with van der Waals surface area (Å²) in [5.41, 5.74) is -0.347. The molecule has 46 valence electrons. The van der Waals surface area contributed by atoms with Gasteiger partial charge in [-0.1, -0.05) is 18.2 Å². The average Bonchev–Trinajstić information content (AvgIpc) is 1.99. The first-order chi connectivity index (χ1) is 4.30. The molecule has 1 rings (SSSR count). The van der Waals surface area contributed by atoms with E-state index in [9.17, 15) is 4.79 Å². The van der Waals surface area contributed by atoms with Crippen molar-refractivity contribution in [3.05, 3.63) is 40.6 Å². The first kappa shape index (κ1) is 9.46. The molecule has 0 heterocycles. The normalized spacial score (nSPS) is 8.00. The fourth-order valence-corrected chi connectivity index (χ4v) is 0.521. The van der Waals surface area contributed by atoms with Crippen molar-refractivity contribution in [3.8, 4) is 5.75 Å². The van der Waals surface area contributed by atoms with Gasteiger partial charge in [0, 0.05) is 0 Å². The van der Waals surface area contributed by atoms with Crippen LogP contribution >= 0.6 is 0 Å². The van der Waals surface area contributed by atoms with Crippen LogP contribution in [0.4, 0.5) is 0 Å². The van der Waals surface area contributed by atoms with Gasteiger partial charge in [-0.2, -0.15) is 0 Å². The summed E-state index contributed by atoms with van der Waals surface area (Å²) in [6.07, 6.45) is 0. The molecule has 10 heavy (non-hydrogen) atoms. The maximum absolute atomic E-state index is 10.6. The van der Waals surface area contributed by atoms with Gasteiger partial charge < -0.3 is 5.11 Å². The second kappa shape index (κ2) is 4.30. The molecule has 0 bridgehead atoms. The predicted octanol–water partition coefficient (Wildman–Crippen LogP) is 0.372. The van der Waals surface area contributed by atoms with Crippen molar-refractivity contribution in [2.75, 3.05) is 0 Å². The van der Waals surface area contributed by atoms with Gasteiger partial charge in [-0.25, -0.2) is 0 Å². The Labute approximate surface area is 74.7 Å². The average molecular weight is 146 g/mol. The summed E-state index contributed by atoms with van der Waals surface area (Å²) in [6, 6.07) is 7.55. The van der Waals surface area contributed by atoms with E-state index < -0.39 is 0 Å². The van der Waals surface area contributed by atoms with Crippen LogP contribution in [0.2, 0.25) is 0 Å². The molecule has 0 saturated carbocycles. The van der Waals surface area contributed by atoms with E-state index >= 15 is 0 Å². The van der Waals surface area contributed by atoms with Gasteiger partial charge in [0.25, 0.3) is 0 Å². The van der Waals surface area contributed by atoms with Crippen molar-refractivity contribution in [3.63, 3.8) is 0 Å². The Bertz CT molecular complexity index is 259. The molecule has 2 nitrogen and oxygen atoms in total. The molecule has 1 aromatic carbocycles. The molecule has 0 saturated heterocycles. The molecule has 0 atom stereocenters. The van der Waals surface area contributed by atoms with Gasteiger partial charge in [0.05, 0.1) is 0 Å². The largest absolute Gasteiger partial charge is 2.00 e. The molecule has 0 aliphatic heterocycles. The van der Waals surface area contributed by atoms with Crippen LogP contribution in [0.5, 0.6) is 5.75 Å². The smallest absolute Gasteiger partial charge is 0.504 e. The van der Waals surface area contributed by atoms with E-state index in [0.29, 0.717) is 0 Å². The quantitative estimate of drug-likeness (QED) is 0.537. The molecule has 0 aliphatic rings. The van der Waals surface area contributed by atoms with Crippen LogP contribution in [0.1, 0.15) is 0 Å². The first-order valence-electron chi connectivity index (χ1n) is 2.59. The zero-order valence-electron chi connectivity index (χ0n) is 5.45. The van der Waals surface area contributed by atoms with E-state index in [-0.39, 0.29) is 34.2 Å². The van der Waals surface area contributed by atoms with E-state index in [2.05, 4.69) is 0 Å². The van der Waals surface area contributed by atoms with Crippen LogP contribution in [0.3, 0.4) is 0 Å². The third-order valence-electron chi connectivity index (χ3n) is 0.976. The third kappa shape index (κ3) is 2.37. The van der Waals surface area contributed by atoms with Gasteiger partial charge in [-0.05, 0) is 12.1 Å². The van der Waals surface area contributed by atoms with Crippen molar-refractivity contribution in [1.82, 2.24) is 0 Å². The molecule has 1 N–H and O–H groups in total. The van der Waals surface area contributed by atoms with Gasteiger partial charge >= 0.3 is 23.1 Å². The molecule has 0 amide bonds. The van der Waals surface area contributed by atoms with Crippen LogP contribution < -0.4 is 5.43 Å². The van der Waals surface area contributed by atoms with Crippen molar-refractivity contribution in [2.45, 2.75) is 0 Å². The van der Waals surface area contributed by atoms with Crippen molar-refractivity contribution in [2.24, 2.45) is 0 Å². The monoisotopic (exact) mass is 146 g/mol. The van der Waals surface area contributed by atoms with Crippen LogP contribution in [0.15, 0.2) is 35.1 Å². The fraction of sp³-hybridized carbons (Fsp3) is 0. The molecule has 0 spiro atoms. The van der Waals surface area contributed by atoms with Gasteiger partial charge in [-0.3, -0.25) is 4.79 Å². The summed E-state index contributed by atoms with van der Waals surface area (Å²) in [5.74, 6) is -0.208. The Kier molecular flexibility index (Phi) is 4.07. The van der Waals surface area contributed by atoms with Gasteiger partial charge in [0.15, 0.2) is 5.75 Å². The Morgan fingerprint density at radius 3 is 2.40 bits per heavy atom. The summed E-state index contributed by atoms with van der Waals surface area (Å²) in [5, 5.41) is 8.77. The van der Waals surface area contributed by atoms with E-state index in [1.54, 1.807) is 18.2 Å². The van der Waals surface area contributed by atoms with E-state index in [1.807, 2.05) is 0 Å². The molecular formula is C7H6MgO2+2. The predicted molar refractivity (Wildman–Crippen MR) is 40.1 cm³/mol. The topological polar surface area (TPSA) is 37.3 Å². The molecule has 0 unspecified atom stereocenters. The van der Waals surface area contributed by atoms with Crippen LogP contribution in [0.25, 0.3) is 0 Å². The number of hydrogen-bond donors (Lipinski definition) is 1. The summed E-state index contributed by atoms with van der Waals surface area (Å²) in [6.45, 7) is 0. The van der Waals surface area contributed by atoms with Gasteiger partial charge in [0.1, 0.15) is 0 Å². The van der Waals surface area contributed by atoms with Crippen molar-refractivity contribution >= 4 is 23.1 Å². The van der Waals surface area contributed by atoms with E-state index in [4.69, 9.17) is 5.11 Å². The number of rotatable bonds is 0. The molecule has 0 fully saturated rings. The summed E-state index contributed by atoms with van der Waals surface area (Å²) >= 11 is 0. The number of aromatic hydroxyl groups is 1. The SMILES string of the molecule is O=c1cccccc1O.[Mg+2]. The molecule has 0 aromatic heterocycles. The van der Waals surface area contributed by atoms with Gasteiger partial charge in [0.2, 0.25) is 5.43 Å². The Balaban J connectivity index is 0.000000810. The Morgan fingerprint density at radius 1 is 1.10 bits per heavy atom. The number of hydrogen-bond acceptors (Lipinski definition) is 2. The minimum absolute atomic E-state index is 0. The molecule has 0 radical (unpaired) electrons. The second-order valence-corrected chi connectivity index (χ2v) is 1.66. The third-order valence-corrected chi connectivity index (χ3v) is 0.976. The summed E-state index contributed by atoms with van der Waals surface area (Å²) in [7, 11) is 0. The van der Waals surface area contributed by atoms with Crippen LogP contribution in [0, 0.1) is 0 Å². The standard InChI is InChI=1S/C7H6O2.Mg/c8-6-4-2-1-3-5-7(6)9;/h1-5H,(H,8,9);/q;+2. The molecule has 3 heteroatoms. The second-order valence-electron chi connectivity index (χ2n) is 1.66. The first-order valence-corrected chi connectivity index (χ1v) is 2.59. The molecule has 0 aliphatic carbocycles. The summed E-state index contributed by atoms with van der Waals surface area (Å²) < 4.78 is 0. The Hall–Kier alpha value is -0.544. The van der Waals surface area contributed by atoms with Crippen molar-refractivity contribution in [1.29, 1.82) is 0 Å². The fourth-order valence-electron chi connectivity index (χ4n) is 0.521. The minimum atomic E-state index is -0.347. The van der Waals surface area contributed by atoms with E-state index in [1.165, 1.54) is 12.1 Å². The maximum atomic E-state index is 10.6. The molecular weight excluding hydrogens is 140 g/mol. The van der Waals surface area contributed by atoms with E-state index in [0.717, 1.165) is 0 Å². The minimum Gasteiger partial charge on any atom is -0.504 e. The Morgan fingerprint density at radius 2 is 1.70 bits per heavy atom.